The largest absolute Gasteiger partial charge is 0.449 e. The molecule has 0 radical (unpaired) electrons. The fourth-order valence-corrected chi connectivity index (χ4v) is 5.23. The van der Waals surface area contributed by atoms with Crippen molar-refractivity contribution >= 4 is 57.2 Å². The number of furan rings is 1. The van der Waals surface area contributed by atoms with Crippen LogP contribution in [0.2, 0.25) is 0 Å². The summed E-state index contributed by atoms with van der Waals surface area (Å²) in [6.45, 7) is 3.07. The molecule has 0 bridgehead atoms. The molecular weight excluding hydrogens is 458 g/mol. The van der Waals surface area contributed by atoms with Crippen molar-refractivity contribution in [1.29, 1.82) is 0 Å². The Hall–Kier alpha value is -2.94. The van der Waals surface area contributed by atoms with E-state index in [9.17, 15) is 9.59 Å². The predicted octanol–water partition coefficient (Wildman–Crippen LogP) is 5.34. The number of ether oxygens (including phenoxy) is 2. The van der Waals surface area contributed by atoms with E-state index in [1.54, 1.807) is 35.2 Å². The number of carbonyl (C=O) groups is 2. The maximum Gasteiger partial charge on any atom is 0.379 e. The quantitative estimate of drug-likeness (QED) is 0.212. The molecule has 0 aliphatic carbocycles. The van der Waals surface area contributed by atoms with Gasteiger partial charge in [0, 0.05) is 17.6 Å². The van der Waals surface area contributed by atoms with Crippen LogP contribution >= 0.6 is 24.0 Å². The molecule has 8 heteroatoms. The van der Waals surface area contributed by atoms with Crippen molar-refractivity contribution < 1.29 is 23.5 Å². The van der Waals surface area contributed by atoms with Gasteiger partial charge in [-0.15, -0.1) is 0 Å². The van der Waals surface area contributed by atoms with Crippen molar-refractivity contribution in [3.8, 4) is 5.75 Å². The normalized spacial score (nSPS) is 19.7. The van der Waals surface area contributed by atoms with E-state index in [0.717, 1.165) is 36.0 Å². The third-order valence-corrected chi connectivity index (χ3v) is 7.08. The zero-order valence-electron chi connectivity index (χ0n) is 17.9. The molecular formula is C25H21NO5S2. The Morgan fingerprint density at radius 1 is 1.24 bits per heavy atom. The number of esters is 1. The van der Waals surface area contributed by atoms with Crippen LogP contribution in [-0.2, 0) is 9.53 Å². The minimum atomic E-state index is -0.550. The number of hydrogen-bond acceptors (Lipinski definition) is 7. The van der Waals surface area contributed by atoms with Crippen molar-refractivity contribution in [2.24, 2.45) is 0 Å². The van der Waals surface area contributed by atoms with Crippen LogP contribution in [0.3, 0.4) is 0 Å². The summed E-state index contributed by atoms with van der Waals surface area (Å²) in [5.74, 6) is -0.0686. The van der Waals surface area contributed by atoms with E-state index in [-0.39, 0.29) is 17.8 Å². The number of fused-ring (bicyclic) bond motifs is 1. The topological polar surface area (TPSA) is 69.0 Å². The maximum atomic E-state index is 12.8. The molecule has 2 saturated heterocycles. The number of nitrogens with zero attached hydrogens (tertiary/aromatic N) is 1. The van der Waals surface area contributed by atoms with Gasteiger partial charge in [-0.2, -0.15) is 0 Å². The number of hydrogen-bond donors (Lipinski definition) is 0. The number of thioether (sulfide) groups is 1. The van der Waals surface area contributed by atoms with Gasteiger partial charge in [-0.25, -0.2) is 4.79 Å². The zero-order chi connectivity index (χ0) is 22.9. The molecule has 33 heavy (non-hydrogen) atoms. The number of carbonyl (C=O) groups excluding carboxylic acids is 2. The number of benzene rings is 2. The number of aryl methyl sites for hydroxylation is 1. The summed E-state index contributed by atoms with van der Waals surface area (Å²) in [5.41, 5.74) is 2.21. The van der Waals surface area contributed by atoms with Gasteiger partial charge in [0.2, 0.25) is 5.76 Å². The summed E-state index contributed by atoms with van der Waals surface area (Å²) in [5, 5.41) is 0.886. The molecule has 2 aliphatic heterocycles. The van der Waals surface area contributed by atoms with E-state index in [4.69, 9.17) is 26.1 Å². The first-order valence-corrected chi connectivity index (χ1v) is 11.9. The minimum absolute atomic E-state index is 0.0520. The monoisotopic (exact) mass is 479 g/mol. The molecule has 0 N–H and O–H groups in total. The highest BCUT2D eigenvalue weighted by atomic mass is 32.2. The molecule has 6 nitrogen and oxygen atoms in total. The standard InChI is InChI=1S/C25H21NO5S2/c1-15-19-6-2-3-7-20(19)31-22(15)24(28)30-17-10-8-16(9-11-17)13-21-23(27)26(25(32)33-21)14-18-5-4-12-29-18/h2-3,6-11,13,18H,4-5,12,14H2,1H3/b21-13+/t18-/m1/s1. The van der Waals surface area contributed by atoms with Gasteiger partial charge in [-0.1, -0.05) is 54.3 Å². The van der Waals surface area contributed by atoms with Crippen LogP contribution in [-0.4, -0.2) is 40.4 Å². The predicted molar refractivity (Wildman–Crippen MR) is 131 cm³/mol. The Kier molecular flexibility index (Phi) is 6.05. The fourth-order valence-electron chi connectivity index (χ4n) is 3.96. The van der Waals surface area contributed by atoms with Gasteiger partial charge in [-0.05, 0) is 49.6 Å². The van der Waals surface area contributed by atoms with E-state index in [1.165, 1.54) is 11.8 Å². The first kappa shape index (κ1) is 21.9. The summed E-state index contributed by atoms with van der Waals surface area (Å²) in [6.07, 6.45) is 3.81. The van der Waals surface area contributed by atoms with Gasteiger partial charge in [0.25, 0.3) is 5.91 Å². The van der Waals surface area contributed by atoms with Crippen LogP contribution in [0.25, 0.3) is 17.0 Å². The second-order valence-electron chi connectivity index (χ2n) is 7.94. The Labute approximate surface area is 200 Å². The molecule has 1 amide bonds. The van der Waals surface area contributed by atoms with Gasteiger partial charge >= 0.3 is 5.97 Å². The van der Waals surface area contributed by atoms with Gasteiger partial charge in [0.05, 0.1) is 17.6 Å². The van der Waals surface area contributed by atoms with Crippen molar-refractivity contribution in [3.63, 3.8) is 0 Å². The fraction of sp³-hybridized carbons (Fsp3) is 0.240. The first-order valence-electron chi connectivity index (χ1n) is 10.7. The van der Waals surface area contributed by atoms with Crippen molar-refractivity contribution in [2.75, 3.05) is 13.2 Å². The van der Waals surface area contributed by atoms with Gasteiger partial charge < -0.3 is 13.9 Å². The zero-order valence-corrected chi connectivity index (χ0v) is 19.5. The molecule has 1 atom stereocenters. The van der Waals surface area contributed by atoms with Crippen LogP contribution in [0.5, 0.6) is 5.75 Å². The Balaban J connectivity index is 1.27. The van der Waals surface area contributed by atoms with Crippen molar-refractivity contribution in [1.82, 2.24) is 4.90 Å². The van der Waals surface area contributed by atoms with E-state index in [2.05, 4.69) is 0 Å². The lowest BCUT2D eigenvalue weighted by molar-refractivity contribution is -0.123. The molecule has 3 aromatic rings. The summed E-state index contributed by atoms with van der Waals surface area (Å²) >= 11 is 6.69. The molecule has 1 aromatic heterocycles. The summed E-state index contributed by atoms with van der Waals surface area (Å²) < 4.78 is 17.4. The van der Waals surface area contributed by atoms with Gasteiger partial charge in [0.15, 0.2) is 0 Å². The molecule has 0 unspecified atom stereocenters. The van der Waals surface area contributed by atoms with Crippen molar-refractivity contribution in [2.45, 2.75) is 25.9 Å². The lowest BCUT2D eigenvalue weighted by Gasteiger charge is -2.18. The molecule has 2 aromatic carbocycles. The molecule has 168 valence electrons. The Morgan fingerprint density at radius 3 is 2.76 bits per heavy atom. The van der Waals surface area contributed by atoms with E-state index in [0.29, 0.717) is 27.1 Å². The SMILES string of the molecule is Cc1c(C(=O)Oc2ccc(/C=C3/SC(=S)N(C[C@H]4CCCO4)C3=O)cc2)oc2ccccc12. The van der Waals surface area contributed by atoms with Crippen molar-refractivity contribution in [3.05, 3.63) is 70.3 Å². The average Bonchev–Trinajstić information content (AvgIpc) is 3.51. The van der Waals surface area contributed by atoms with Gasteiger partial charge in [-0.3, -0.25) is 9.69 Å². The number of para-hydroxylation sites is 1. The molecule has 5 rings (SSSR count). The smallest absolute Gasteiger partial charge is 0.379 e. The molecule has 3 heterocycles. The van der Waals surface area contributed by atoms with E-state index < -0.39 is 5.97 Å². The second kappa shape index (κ2) is 9.13. The third kappa shape index (κ3) is 4.46. The van der Waals surface area contributed by atoms with E-state index >= 15 is 0 Å². The summed E-state index contributed by atoms with van der Waals surface area (Å²) in [7, 11) is 0. The van der Waals surface area contributed by atoms with Crippen LogP contribution in [0, 0.1) is 6.92 Å². The van der Waals surface area contributed by atoms with Crippen LogP contribution in [0.1, 0.15) is 34.5 Å². The highest BCUT2D eigenvalue weighted by Crippen LogP contribution is 2.34. The van der Waals surface area contributed by atoms with E-state index in [1.807, 2.05) is 31.2 Å². The molecule has 0 saturated carbocycles. The lowest BCUT2D eigenvalue weighted by Crippen LogP contribution is -2.35. The number of thiocarbonyl (C=S) groups is 1. The summed E-state index contributed by atoms with van der Waals surface area (Å²) in [4.78, 5) is 27.6. The average molecular weight is 480 g/mol. The molecule has 2 aliphatic rings. The highest BCUT2D eigenvalue weighted by Gasteiger charge is 2.34. The highest BCUT2D eigenvalue weighted by molar-refractivity contribution is 8.26. The molecule has 0 spiro atoms. The molecule has 2 fully saturated rings. The van der Waals surface area contributed by atoms with Gasteiger partial charge in [0.1, 0.15) is 15.7 Å². The lowest BCUT2D eigenvalue weighted by atomic mass is 10.1. The second-order valence-corrected chi connectivity index (χ2v) is 9.61. The van der Waals surface area contributed by atoms with Crippen LogP contribution < -0.4 is 4.74 Å². The maximum absolute atomic E-state index is 12.8. The summed E-state index contributed by atoms with van der Waals surface area (Å²) in [6, 6.07) is 14.4. The first-order chi connectivity index (χ1) is 16.0. The third-order valence-electron chi connectivity index (χ3n) is 5.70. The Morgan fingerprint density at radius 2 is 2.03 bits per heavy atom. The number of rotatable bonds is 5. The van der Waals surface area contributed by atoms with Crippen LogP contribution in [0.4, 0.5) is 0 Å². The Bertz CT molecular complexity index is 1270. The number of amides is 1. The minimum Gasteiger partial charge on any atom is -0.449 e. The van der Waals surface area contributed by atoms with Crippen LogP contribution in [0.15, 0.2) is 57.9 Å².